The van der Waals surface area contributed by atoms with Crippen LogP contribution in [0.5, 0.6) is 5.75 Å². The fraction of sp³-hybridized carbons (Fsp3) is 0.600. The van der Waals surface area contributed by atoms with Gasteiger partial charge < -0.3 is 20.1 Å². The Morgan fingerprint density at radius 3 is 2.62 bits per heavy atom. The molecule has 1 aromatic rings. The van der Waals surface area contributed by atoms with Crippen molar-refractivity contribution < 1.29 is 18.6 Å². The summed E-state index contributed by atoms with van der Waals surface area (Å²) in [5.41, 5.74) is -0.0386. The lowest BCUT2D eigenvalue weighted by molar-refractivity contribution is -0.0499. The van der Waals surface area contributed by atoms with Crippen molar-refractivity contribution in [1.29, 1.82) is 0 Å². The highest BCUT2D eigenvalue weighted by molar-refractivity contribution is 5.30. The minimum absolute atomic E-state index is 0.0835. The zero-order valence-electron chi connectivity index (χ0n) is 12.9. The molecule has 0 radical (unpaired) electrons. The predicted molar refractivity (Wildman–Crippen MR) is 78.7 cm³/mol. The standard InChI is InChI=1S/C15H24F2N2O2/c1-11(18-9-15(2,20)10-19(3)4)12-6-5-7-13(8-12)21-14(16)17/h5-8,11,14,18,20H,9-10H2,1-4H3. The van der Waals surface area contributed by atoms with E-state index in [9.17, 15) is 13.9 Å². The van der Waals surface area contributed by atoms with Crippen molar-refractivity contribution >= 4 is 0 Å². The fourth-order valence-corrected chi connectivity index (χ4v) is 2.19. The molecule has 4 nitrogen and oxygen atoms in total. The molecule has 2 N–H and O–H groups in total. The number of alkyl halides is 2. The molecule has 2 atom stereocenters. The maximum atomic E-state index is 12.2. The zero-order chi connectivity index (χ0) is 16.0. The lowest BCUT2D eigenvalue weighted by Gasteiger charge is -2.29. The van der Waals surface area contributed by atoms with Crippen LogP contribution in [0.25, 0.3) is 0 Å². The molecule has 0 amide bonds. The van der Waals surface area contributed by atoms with E-state index >= 15 is 0 Å². The largest absolute Gasteiger partial charge is 0.435 e. The van der Waals surface area contributed by atoms with E-state index < -0.39 is 12.2 Å². The number of halogens is 2. The van der Waals surface area contributed by atoms with Crippen molar-refractivity contribution in [3.05, 3.63) is 29.8 Å². The van der Waals surface area contributed by atoms with Crippen molar-refractivity contribution in [2.75, 3.05) is 27.2 Å². The highest BCUT2D eigenvalue weighted by Crippen LogP contribution is 2.21. The maximum Gasteiger partial charge on any atom is 0.387 e. The number of ether oxygens (including phenoxy) is 1. The molecule has 0 aliphatic carbocycles. The van der Waals surface area contributed by atoms with Gasteiger partial charge in [-0.15, -0.1) is 0 Å². The van der Waals surface area contributed by atoms with Crippen LogP contribution in [0.4, 0.5) is 8.78 Å². The number of aliphatic hydroxyl groups is 1. The highest BCUT2D eigenvalue weighted by Gasteiger charge is 2.22. The molecule has 1 aromatic carbocycles. The van der Waals surface area contributed by atoms with E-state index in [1.165, 1.54) is 6.07 Å². The average Bonchev–Trinajstić information content (AvgIpc) is 2.34. The summed E-state index contributed by atoms with van der Waals surface area (Å²) in [6.45, 7) is 1.76. The number of hydrogen-bond acceptors (Lipinski definition) is 4. The van der Waals surface area contributed by atoms with Crippen LogP contribution in [0.15, 0.2) is 24.3 Å². The summed E-state index contributed by atoms with van der Waals surface area (Å²) in [6, 6.07) is 6.48. The first-order valence-electron chi connectivity index (χ1n) is 6.85. The van der Waals surface area contributed by atoms with Gasteiger partial charge in [0.15, 0.2) is 0 Å². The lowest BCUT2D eigenvalue weighted by Crippen LogP contribution is -2.46. The molecule has 0 heterocycles. The van der Waals surface area contributed by atoms with E-state index in [4.69, 9.17) is 0 Å². The SMILES string of the molecule is CC(NCC(C)(O)CN(C)C)c1cccc(OC(F)F)c1. The van der Waals surface area contributed by atoms with Crippen LogP contribution < -0.4 is 10.1 Å². The summed E-state index contributed by atoms with van der Waals surface area (Å²) in [4.78, 5) is 1.91. The first kappa shape index (κ1) is 17.8. The molecule has 0 aliphatic rings. The molecule has 21 heavy (non-hydrogen) atoms. The third-order valence-electron chi connectivity index (χ3n) is 3.03. The number of nitrogens with one attached hydrogen (secondary N) is 1. The summed E-state index contributed by atoms with van der Waals surface area (Å²) in [5, 5.41) is 13.4. The molecule has 0 fully saturated rings. The van der Waals surface area contributed by atoms with Crippen LogP contribution >= 0.6 is 0 Å². The van der Waals surface area contributed by atoms with Crippen molar-refractivity contribution in [3.63, 3.8) is 0 Å². The van der Waals surface area contributed by atoms with Gasteiger partial charge in [0.25, 0.3) is 0 Å². The van der Waals surface area contributed by atoms with Crippen molar-refractivity contribution in [1.82, 2.24) is 10.2 Å². The van der Waals surface area contributed by atoms with E-state index in [1.807, 2.05) is 32.0 Å². The summed E-state index contributed by atoms with van der Waals surface area (Å²) in [7, 11) is 3.78. The molecule has 0 spiro atoms. The van der Waals surface area contributed by atoms with Gasteiger partial charge in [-0.1, -0.05) is 12.1 Å². The quantitative estimate of drug-likeness (QED) is 0.773. The van der Waals surface area contributed by atoms with Crippen LogP contribution in [0.2, 0.25) is 0 Å². The van der Waals surface area contributed by atoms with E-state index in [0.717, 1.165) is 5.56 Å². The number of nitrogens with zero attached hydrogens (tertiary/aromatic N) is 1. The number of rotatable bonds is 8. The summed E-state index contributed by atoms with van der Waals surface area (Å²) < 4.78 is 28.8. The number of benzene rings is 1. The van der Waals surface area contributed by atoms with Crippen LogP contribution in [-0.2, 0) is 0 Å². The maximum absolute atomic E-state index is 12.2. The van der Waals surface area contributed by atoms with Gasteiger partial charge in [0.05, 0.1) is 5.60 Å². The fourth-order valence-electron chi connectivity index (χ4n) is 2.19. The Hall–Kier alpha value is -1.24. The average molecular weight is 302 g/mol. The normalized spacial score (nSPS) is 16.0. The van der Waals surface area contributed by atoms with Gasteiger partial charge in [0, 0.05) is 19.1 Å². The molecule has 0 bridgehead atoms. The van der Waals surface area contributed by atoms with Crippen molar-refractivity contribution in [3.8, 4) is 5.75 Å². The third-order valence-corrected chi connectivity index (χ3v) is 3.03. The molecule has 0 saturated heterocycles. The van der Waals surface area contributed by atoms with Gasteiger partial charge in [-0.2, -0.15) is 8.78 Å². The van der Waals surface area contributed by atoms with Gasteiger partial charge >= 0.3 is 6.61 Å². The number of hydrogen-bond donors (Lipinski definition) is 2. The first-order valence-corrected chi connectivity index (χ1v) is 6.85. The van der Waals surface area contributed by atoms with Gasteiger partial charge in [0.1, 0.15) is 5.75 Å². The van der Waals surface area contributed by atoms with Crippen LogP contribution in [0.1, 0.15) is 25.5 Å². The Morgan fingerprint density at radius 2 is 2.05 bits per heavy atom. The molecule has 2 unspecified atom stereocenters. The Morgan fingerprint density at radius 1 is 1.38 bits per heavy atom. The second kappa shape index (κ2) is 7.68. The Balaban J connectivity index is 2.61. The molecule has 6 heteroatoms. The van der Waals surface area contributed by atoms with Crippen molar-refractivity contribution in [2.45, 2.75) is 32.1 Å². The minimum atomic E-state index is -2.83. The second-order valence-electron chi connectivity index (χ2n) is 5.79. The molecular formula is C15H24F2N2O2. The van der Waals surface area contributed by atoms with Gasteiger partial charge in [0.2, 0.25) is 0 Å². The summed E-state index contributed by atoms with van der Waals surface area (Å²) in [6.07, 6.45) is 0. The summed E-state index contributed by atoms with van der Waals surface area (Å²) >= 11 is 0. The zero-order valence-corrected chi connectivity index (χ0v) is 12.9. The second-order valence-corrected chi connectivity index (χ2v) is 5.79. The topological polar surface area (TPSA) is 44.7 Å². The number of likely N-dealkylation sites (N-methyl/N-ethyl adjacent to an activating group) is 1. The molecule has 1 rings (SSSR count). The Bertz CT molecular complexity index is 439. The first-order chi connectivity index (χ1) is 9.69. The van der Waals surface area contributed by atoms with Gasteiger partial charge in [-0.3, -0.25) is 0 Å². The summed E-state index contributed by atoms with van der Waals surface area (Å²) in [5.74, 6) is 0.135. The molecule has 0 aliphatic heterocycles. The van der Waals surface area contributed by atoms with E-state index in [2.05, 4.69) is 10.1 Å². The monoisotopic (exact) mass is 302 g/mol. The third kappa shape index (κ3) is 6.84. The smallest absolute Gasteiger partial charge is 0.387 e. The van der Waals surface area contributed by atoms with E-state index in [-0.39, 0.29) is 11.8 Å². The molecule has 0 aromatic heterocycles. The molecule has 120 valence electrons. The highest BCUT2D eigenvalue weighted by atomic mass is 19.3. The van der Waals surface area contributed by atoms with Crippen molar-refractivity contribution in [2.24, 2.45) is 0 Å². The van der Waals surface area contributed by atoms with Crippen LogP contribution in [-0.4, -0.2) is 49.4 Å². The minimum Gasteiger partial charge on any atom is -0.435 e. The van der Waals surface area contributed by atoms with Gasteiger partial charge in [-0.05, 0) is 45.6 Å². The van der Waals surface area contributed by atoms with Crippen LogP contribution in [0, 0.1) is 0 Å². The lowest BCUT2D eigenvalue weighted by atomic mass is 10.0. The van der Waals surface area contributed by atoms with Crippen LogP contribution in [0.3, 0.4) is 0 Å². The van der Waals surface area contributed by atoms with E-state index in [1.54, 1.807) is 19.1 Å². The Kier molecular flexibility index (Phi) is 6.51. The van der Waals surface area contributed by atoms with Gasteiger partial charge in [-0.25, -0.2) is 0 Å². The predicted octanol–water partition coefficient (Wildman–Crippen LogP) is 2.25. The van der Waals surface area contributed by atoms with E-state index in [0.29, 0.717) is 13.1 Å². The Labute approximate surface area is 124 Å². The molecule has 0 saturated carbocycles. The molecular weight excluding hydrogens is 278 g/mol.